The van der Waals surface area contributed by atoms with E-state index in [2.05, 4.69) is 12.2 Å². The van der Waals surface area contributed by atoms with Crippen molar-refractivity contribution in [2.45, 2.75) is 32.7 Å². The van der Waals surface area contributed by atoms with Gasteiger partial charge in [0, 0.05) is 19.6 Å². The summed E-state index contributed by atoms with van der Waals surface area (Å²) in [5.74, 6) is 0.00827. The van der Waals surface area contributed by atoms with Crippen LogP contribution in [0.2, 0.25) is 0 Å². The molecule has 138 valence electrons. The normalized spacial score (nSPS) is 16.6. The number of nitrogens with zero attached hydrogens (tertiary/aromatic N) is 1. The van der Waals surface area contributed by atoms with Crippen molar-refractivity contribution in [3.63, 3.8) is 0 Å². The van der Waals surface area contributed by atoms with Crippen molar-refractivity contribution < 1.29 is 24.2 Å². The summed E-state index contributed by atoms with van der Waals surface area (Å²) in [7, 11) is 1.58. The van der Waals surface area contributed by atoms with Crippen molar-refractivity contribution in [3.8, 4) is 11.5 Å². The molecule has 7 heteroatoms. The molecule has 1 atom stereocenters. The minimum Gasteiger partial charge on any atom is -0.493 e. The molecule has 1 heterocycles. The van der Waals surface area contributed by atoms with Crippen LogP contribution in [0.5, 0.6) is 11.5 Å². The first kappa shape index (κ1) is 18.9. The van der Waals surface area contributed by atoms with Gasteiger partial charge in [0.1, 0.15) is 0 Å². The summed E-state index contributed by atoms with van der Waals surface area (Å²) in [6.07, 6.45) is 2.54. The summed E-state index contributed by atoms with van der Waals surface area (Å²) >= 11 is 0. The Morgan fingerprint density at radius 3 is 2.80 bits per heavy atom. The lowest BCUT2D eigenvalue weighted by atomic mass is 10.1. The zero-order valence-electron chi connectivity index (χ0n) is 14.8. The van der Waals surface area contributed by atoms with Gasteiger partial charge in [0.2, 0.25) is 0 Å². The molecule has 1 fully saturated rings. The number of hydrogen-bond acceptors (Lipinski definition) is 4. The second-order valence-electron chi connectivity index (χ2n) is 6.12. The number of carboxylic acid groups (broad SMARTS) is 1. The van der Waals surface area contributed by atoms with Gasteiger partial charge >= 0.3 is 12.0 Å². The molecule has 2 rings (SSSR count). The number of unbranched alkanes of at least 4 members (excludes halogenated alkanes) is 1. The molecule has 0 aromatic heterocycles. The number of rotatable bonds is 8. The zero-order valence-corrected chi connectivity index (χ0v) is 14.8. The van der Waals surface area contributed by atoms with Gasteiger partial charge < -0.3 is 24.8 Å². The van der Waals surface area contributed by atoms with E-state index in [0.717, 1.165) is 18.4 Å². The highest BCUT2D eigenvalue weighted by Crippen LogP contribution is 2.28. The number of likely N-dealkylation sites (tertiary alicyclic amines) is 1. The van der Waals surface area contributed by atoms with Crippen molar-refractivity contribution in [3.05, 3.63) is 23.8 Å². The Morgan fingerprint density at radius 1 is 1.36 bits per heavy atom. The van der Waals surface area contributed by atoms with Gasteiger partial charge in [-0.05, 0) is 30.5 Å². The zero-order chi connectivity index (χ0) is 18.2. The van der Waals surface area contributed by atoms with Crippen LogP contribution in [0.4, 0.5) is 4.79 Å². The predicted octanol–water partition coefficient (Wildman–Crippen LogP) is 2.49. The van der Waals surface area contributed by atoms with Crippen LogP contribution >= 0.6 is 0 Å². The quantitative estimate of drug-likeness (QED) is 0.703. The van der Waals surface area contributed by atoms with Crippen molar-refractivity contribution in [2.24, 2.45) is 5.92 Å². The number of nitrogens with one attached hydrogen (secondary N) is 1. The van der Waals surface area contributed by atoms with E-state index in [4.69, 9.17) is 14.6 Å². The summed E-state index contributed by atoms with van der Waals surface area (Å²) in [5, 5.41) is 11.8. The first-order valence-corrected chi connectivity index (χ1v) is 8.60. The van der Waals surface area contributed by atoms with Crippen LogP contribution < -0.4 is 14.8 Å². The third-order valence-corrected chi connectivity index (χ3v) is 4.25. The maximum absolute atomic E-state index is 12.1. The fourth-order valence-electron chi connectivity index (χ4n) is 2.70. The number of hydrogen-bond donors (Lipinski definition) is 2. The minimum atomic E-state index is -0.848. The molecule has 0 aliphatic carbocycles. The van der Waals surface area contributed by atoms with Gasteiger partial charge in [-0.15, -0.1) is 0 Å². The largest absolute Gasteiger partial charge is 0.493 e. The Morgan fingerprint density at radius 2 is 2.16 bits per heavy atom. The van der Waals surface area contributed by atoms with Crippen LogP contribution in [0.3, 0.4) is 0 Å². The van der Waals surface area contributed by atoms with Gasteiger partial charge in [-0.2, -0.15) is 0 Å². The molecule has 7 nitrogen and oxygen atoms in total. The predicted molar refractivity (Wildman–Crippen MR) is 92.9 cm³/mol. The molecular formula is C18H26N2O5. The third-order valence-electron chi connectivity index (χ3n) is 4.25. The highest BCUT2D eigenvalue weighted by Gasteiger charge is 2.30. The van der Waals surface area contributed by atoms with E-state index in [9.17, 15) is 9.59 Å². The van der Waals surface area contributed by atoms with Crippen LogP contribution in [0, 0.1) is 5.92 Å². The molecule has 1 aliphatic heterocycles. The van der Waals surface area contributed by atoms with Crippen LogP contribution in [0.25, 0.3) is 0 Å². The van der Waals surface area contributed by atoms with Crippen LogP contribution in [0.1, 0.15) is 31.7 Å². The highest BCUT2D eigenvalue weighted by atomic mass is 16.5. The Bertz CT molecular complexity index is 605. The van der Waals surface area contributed by atoms with E-state index in [1.807, 2.05) is 18.2 Å². The first-order chi connectivity index (χ1) is 12.0. The molecule has 0 bridgehead atoms. The van der Waals surface area contributed by atoms with E-state index < -0.39 is 11.9 Å². The smallest absolute Gasteiger partial charge is 0.317 e. The SMILES string of the molecule is CCCCOc1ccc(CNC(=O)N2CCC(C(=O)O)C2)cc1OC. The van der Waals surface area contributed by atoms with Gasteiger partial charge in [0.05, 0.1) is 19.6 Å². The molecule has 2 N–H and O–H groups in total. The topological polar surface area (TPSA) is 88.1 Å². The molecule has 2 amide bonds. The number of carbonyl (C=O) groups excluding carboxylic acids is 1. The van der Waals surface area contributed by atoms with Crippen LogP contribution in [-0.2, 0) is 11.3 Å². The summed E-state index contributed by atoms with van der Waals surface area (Å²) in [6.45, 7) is 3.82. The van der Waals surface area contributed by atoms with Crippen molar-refractivity contribution in [1.82, 2.24) is 10.2 Å². The van der Waals surface area contributed by atoms with Gasteiger partial charge in [-0.25, -0.2) is 4.79 Å². The fraction of sp³-hybridized carbons (Fsp3) is 0.556. The average molecular weight is 350 g/mol. The van der Waals surface area contributed by atoms with Crippen molar-refractivity contribution in [2.75, 3.05) is 26.8 Å². The van der Waals surface area contributed by atoms with Crippen molar-refractivity contribution in [1.29, 1.82) is 0 Å². The standard InChI is InChI=1S/C18H26N2O5/c1-3-4-9-25-15-6-5-13(10-16(15)24-2)11-19-18(23)20-8-7-14(12-20)17(21)22/h5-6,10,14H,3-4,7-9,11-12H2,1-2H3,(H,19,23)(H,21,22). The molecule has 1 aliphatic rings. The summed E-state index contributed by atoms with van der Waals surface area (Å²) in [6, 6.07) is 5.32. The molecule has 1 saturated heterocycles. The van der Waals surface area contributed by atoms with Crippen LogP contribution in [0.15, 0.2) is 18.2 Å². The highest BCUT2D eigenvalue weighted by molar-refractivity contribution is 5.77. The van der Waals surface area contributed by atoms with E-state index in [1.54, 1.807) is 7.11 Å². The molecule has 0 saturated carbocycles. The second kappa shape index (κ2) is 9.15. The Hall–Kier alpha value is -2.44. The number of carboxylic acids is 1. The van der Waals surface area contributed by atoms with E-state index in [-0.39, 0.29) is 12.6 Å². The lowest BCUT2D eigenvalue weighted by molar-refractivity contribution is -0.141. The van der Waals surface area contributed by atoms with E-state index >= 15 is 0 Å². The molecule has 1 aromatic carbocycles. The lowest BCUT2D eigenvalue weighted by Gasteiger charge is -2.17. The molecule has 1 aromatic rings. The van der Waals surface area contributed by atoms with Gasteiger partial charge in [0.15, 0.2) is 11.5 Å². The lowest BCUT2D eigenvalue weighted by Crippen LogP contribution is -2.38. The average Bonchev–Trinajstić information content (AvgIpc) is 3.11. The maximum atomic E-state index is 12.1. The monoisotopic (exact) mass is 350 g/mol. The third kappa shape index (κ3) is 5.27. The number of methoxy groups -OCH3 is 1. The molecule has 1 unspecified atom stereocenters. The number of ether oxygens (including phenoxy) is 2. The number of carbonyl (C=O) groups is 2. The molecular weight excluding hydrogens is 324 g/mol. The maximum Gasteiger partial charge on any atom is 0.317 e. The molecule has 0 radical (unpaired) electrons. The first-order valence-electron chi connectivity index (χ1n) is 8.60. The fourth-order valence-corrected chi connectivity index (χ4v) is 2.70. The van der Waals surface area contributed by atoms with E-state index in [0.29, 0.717) is 37.6 Å². The number of urea groups is 1. The molecule has 25 heavy (non-hydrogen) atoms. The Labute approximate surface area is 147 Å². The molecule has 0 spiro atoms. The summed E-state index contributed by atoms with van der Waals surface area (Å²) in [5.41, 5.74) is 0.891. The Balaban J connectivity index is 1.88. The number of amides is 2. The van der Waals surface area contributed by atoms with Crippen molar-refractivity contribution >= 4 is 12.0 Å². The van der Waals surface area contributed by atoms with Gasteiger partial charge in [-0.3, -0.25) is 4.79 Å². The Kier molecular flexibility index (Phi) is 6.91. The van der Waals surface area contributed by atoms with Gasteiger partial charge in [0.25, 0.3) is 0 Å². The summed E-state index contributed by atoms with van der Waals surface area (Å²) in [4.78, 5) is 24.7. The number of aliphatic carboxylic acids is 1. The summed E-state index contributed by atoms with van der Waals surface area (Å²) < 4.78 is 11.0. The van der Waals surface area contributed by atoms with Gasteiger partial charge in [-0.1, -0.05) is 19.4 Å². The van der Waals surface area contributed by atoms with Crippen LogP contribution in [-0.4, -0.2) is 48.8 Å². The number of benzene rings is 1. The minimum absolute atomic E-state index is 0.244. The van der Waals surface area contributed by atoms with E-state index in [1.165, 1.54) is 4.90 Å². The second-order valence-corrected chi connectivity index (χ2v) is 6.12.